The summed E-state index contributed by atoms with van der Waals surface area (Å²) in [6.07, 6.45) is 3.67. The van der Waals surface area contributed by atoms with Crippen LogP contribution in [0.1, 0.15) is 22.8 Å². The van der Waals surface area contributed by atoms with Crippen LogP contribution in [0, 0.1) is 0 Å². The Morgan fingerprint density at radius 1 is 1.19 bits per heavy atom. The number of phenols is 1. The largest absolute Gasteiger partial charge is 0.507 e. The number of anilines is 1. The van der Waals surface area contributed by atoms with Crippen molar-refractivity contribution in [2.45, 2.75) is 6.92 Å². The Morgan fingerprint density at radius 2 is 1.90 bits per heavy atom. The van der Waals surface area contributed by atoms with Gasteiger partial charge in [-0.3, -0.25) is 14.5 Å². The fourth-order valence-corrected chi connectivity index (χ4v) is 4.14. The van der Waals surface area contributed by atoms with E-state index in [0.717, 1.165) is 29.0 Å². The number of amides is 2. The van der Waals surface area contributed by atoms with E-state index in [-0.39, 0.29) is 28.0 Å². The smallest absolute Gasteiger partial charge is 0.339 e. The number of allylic oxidation sites excluding steroid dienone is 2. The van der Waals surface area contributed by atoms with E-state index in [4.69, 9.17) is 17.3 Å². The van der Waals surface area contributed by atoms with Crippen molar-refractivity contribution in [2.75, 3.05) is 11.9 Å². The molecule has 0 aliphatic carbocycles. The molecule has 2 amide bonds. The van der Waals surface area contributed by atoms with Gasteiger partial charge in [-0.25, -0.2) is 4.79 Å². The van der Waals surface area contributed by atoms with Gasteiger partial charge in [0.1, 0.15) is 22.2 Å². The molecule has 0 aromatic heterocycles. The molecule has 1 aliphatic rings. The third-order valence-electron chi connectivity index (χ3n) is 4.24. The Kier molecular flexibility index (Phi) is 6.88. The highest BCUT2D eigenvalue weighted by molar-refractivity contribution is 8.26. The van der Waals surface area contributed by atoms with Gasteiger partial charge in [0.15, 0.2) is 0 Å². The lowest BCUT2D eigenvalue weighted by atomic mass is 10.1. The molecule has 7 nitrogen and oxygen atoms in total. The molecule has 1 fully saturated rings. The number of thioether (sulfide) groups is 1. The molecule has 0 unspecified atom stereocenters. The molecule has 2 aromatic carbocycles. The van der Waals surface area contributed by atoms with E-state index in [1.807, 2.05) is 43.3 Å². The molecule has 158 valence electrons. The molecule has 0 saturated carbocycles. The van der Waals surface area contributed by atoms with Crippen molar-refractivity contribution in [3.05, 3.63) is 76.2 Å². The van der Waals surface area contributed by atoms with Crippen LogP contribution >= 0.6 is 24.0 Å². The number of carbonyl (C=O) groups excluding carboxylic acids is 2. The predicted octanol–water partition coefficient (Wildman–Crippen LogP) is 3.88. The number of carboxylic acids is 1. The minimum atomic E-state index is -1.28. The molecule has 31 heavy (non-hydrogen) atoms. The summed E-state index contributed by atoms with van der Waals surface area (Å²) in [7, 11) is 0. The van der Waals surface area contributed by atoms with Crippen LogP contribution in [0.4, 0.5) is 5.69 Å². The van der Waals surface area contributed by atoms with Crippen molar-refractivity contribution < 1.29 is 24.6 Å². The minimum Gasteiger partial charge on any atom is -0.507 e. The van der Waals surface area contributed by atoms with Crippen LogP contribution in [-0.4, -0.2) is 43.8 Å². The van der Waals surface area contributed by atoms with Crippen molar-refractivity contribution in [2.24, 2.45) is 0 Å². The Bertz CT molecular complexity index is 1130. The zero-order valence-corrected chi connectivity index (χ0v) is 18.0. The van der Waals surface area contributed by atoms with E-state index < -0.39 is 17.6 Å². The number of hydrogen-bond acceptors (Lipinski definition) is 6. The minimum absolute atomic E-state index is 0.204. The number of aromatic carboxylic acids is 1. The van der Waals surface area contributed by atoms with Gasteiger partial charge < -0.3 is 15.5 Å². The SMILES string of the molecule is CC(/C=C1\SC(=S)N(CC(=O)Nc2ccc(C(=O)O)c(O)c2)C1=O)=C\c1ccccc1. The monoisotopic (exact) mass is 454 g/mol. The highest BCUT2D eigenvalue weighted by Gasteiger charge is 2.33. The first-order valence-electron chi connectivity index (χ1n) is 9.09. The summed E-state index contributed by atoms with van der Waals surface area (Å²) in [5, 5.41) is 21.2. The van der Waals surface area contributed by atoms with E-state index in [1.165, 1.54) is 17.0 Å². The molecule has 1 heterocycles. The Hall–Kier alpha value is -3.43. The lowest BCUT2D eigenvalue weighted by Crippen LogP contribution is -2.36. The van der Waals surface area contributed by atoms with Crippen molar-refractivity contribution in [1.29, 1.82) is 0 Å². The van der Waals surface area contributed by atoms with Gasteiger partial charge in [-0.05, 0) is 36.3 Å². The van der Waals surface area contributed by atoms with E-state index in [1.54, 1.807) is 6.08 Å². The van der Waals surface area contributed by atoms with Crippen LogP contribution in [0.5, 0.6) is 5.75 Å². The van der Waals surface area contributed by atoms with Crippen molar-refractivity contribution >= 4 is 57.8 Å². The molecule has 3 N–H and O–H groups in total. The second kappa shape index (κ2) is 9.59. The topological polar surface area (TPSA) is 107 Å². The summed E-state index contributed by atoms with van der Waals surface area (Å²) in [6, 6.07) is 13.3. The van der Waals surface area contributed by atoms with E-state index in [0.29, 0.717) is 4.91 Å². The lowest BCUT2D eigenvalue weighted by molar-refractivity contribution is -0.126. The number of hydrogen-bond donors (Lipinski definition) is 3. The summed E-state index contributed by atoms with van der Waals surface area (Å²) in [5.41, 5.74) is 1.79. The summed E-state index contributed by atoms with van der Waals surface area (Å²) in [6.45, 7) is 1.57. The highest BCUT2D eigenvalue weighted by Crippen LogP contribution is 2.32. The fourth-order valence-electron chi connectivity index (χ4n) is 2.83. The molecule has 1 saturated heterocycles. The Morgan fingerprint density at radius 3 is 2.55 bits per heavy atom. The standard InChI is InChI=1S/C22H18N2O5S2/c1-13(9-14-5-3-2-4-6-14)10-18-20(27)24(22(30)31-18)12-19(26)23-15-7-8-16(21(28)29)17(25)11-15/h2-11,25H,12H2,1H3,(H,23,26)(H,28,29)/b13-9+,18-10-. The summed E-state index contributed by atoms with van der Waals surface area (Å²) < 4.78 is 0.267. The van der Waals surface area contributed by atoms with Crippen LogP contribution in [0.3, 0.4) is 0 Å². The number of carboxylic acid groups (broad SMARTS) is 1. The molecule has 0 spiro atoms. The average molecular weight is 455 g/mol. The number of carbonyl (C=O) groups is 3. The third-order valence-corrected chi connectivity index (χ3v) is 5.62. The van der Waals surface area contributed by atoms with Gasteiger partial charge >= 0.3 is 5.97 Å². The van der Waals surface area contributed by atoms with E-state index >= 15 is 0 Å². The van der Waals surface area contributed by atoms with Crippen molar-refractivity contribution in [3.63, 3.8) is 0 Å². The maximum absolute atomic E-state index is 12.7. The molecule has 9 heteroatoms. The zero-order chi connectivity index (χ0) is 22.5. The summed E-state index contributed by atoms with van der Waals surface area (Å²) in [4.78, 5) is 37.6. The summed E-state index contributed by atoms with van der Waals surface area (Å²) in [5.74, 6) is -2.65. The maximum Gasteiger partial charge on any atom is 0.339 e. The Balaban J connectivity index is 1.67. The molecular formula is C22H18N2O5S2. The fraction of sp³-hybridized carbons (Fsp3) is 0.0909. The molecule has 0 radical (unpaired) electrons. The molecule has 2 aromatic rings. The van der Waals surface area contributed by atoms with Gasteiger partial charge in [-0.15, -0.1) is 0 Å². The Labute approximate surface area is 188 Å². The molecular weight excluding hydrogens is 436 g/mol. The van der Waals surface area contributed by atoms with Crippen LogP contribution in [0.2, 0.25) is 0 Å². The maximum atomic E-state index is 12.7. The van der Waals surface area contributed by atoms with Crippen LogP contribution in [-0.2, 0) is 9.59 Å². The lowest BCUT2D eigenvalue weighted by Gasteiger charge is -2.14. The predicted molar refractivity (Wildman–Crippen MR) is 124 cm³/mol. The molecule has 0 atom stereocenters. The number of thiocarbonyl (C=S) groups is 1. The quantitative estimate of drug-likeness (QED) is 0.449. The second-order valence-corrected chi connectivity index (χ2v) is 8.33. The van der Waals surface area contributed by atoms with Crippen LogP contribution in [0.25, 0.3) is 6.08 Å². The van der Waals surface area contributed by atoms with Gasteiger partial charge in [-0.2, -0.15) is 0 Å². The van der Waals surface area contributed by atoms with Crippen molar-refractivity contribution in [1.82, 2.24) is 4.90 Å². The highest BCUT2D eigenvalue weighted by atomic mass is 32.2. The number of nitrogens with zero attached hydrogens (tertiary/aromatic N) is 1. The zero-order valence-electron chi connectivity index (χ0n) is 16.4. The van der Waals surface area contributed by atoms with Gasteiger partial charge in [0.25, 0.3) is 5.91 Å². The number of rotatable bonds is 6. The van der Waals surface area contributed by atoms with Crippen LogP contribution < -0.4 is 5.32 Å². The number of nitrogens with one attached hydrogen (secondary N) is 1. The number of aromatic hydroxyl groups is 1. The van der Waals surface area contributed by atoms with Gasteiger partial charge in [0.05, 0.1) is 4.91 Å². The van der Waals surface area contributed by atoms with Crippen LogP contribution in [0.15, 0.2) is 65.1 Å². The first-order chi connectivity index (χ1) is 14.7. The van der Waals surface area contributed by atoms with Crippen molar-refractivity contribution in [3.8, 4) is 5.75 Å². The first-order valence-corrected chi connectivity index (χ1v) is 10.3. The normalized spacial score (nSPS) is 15.5. The molecule has 3 rings (SSSR count). The van der Waals surface area contributed by atoms with Gasteiger partial charge in [0.2, 0.25) is 5.91 Å². The third kappa shape index (κ3) is 5.59. The van der Waals surface area contributed by atoms with E-state index in [2.05, 4.69) is 5.32 Å². The van der Waals surface area contributed by atoms with Gasteiger partial charge in [-0.1, -0.05) is 60.4 Å². The average Bonchev–Trinajstić information content (AvgIpc) is 2.95. The number of benzene rings is 2. The van der Waals surface area contributed by atoms with Gasteiger partial charge in [0, 0.05) is 11.8 Å². The van der Waals surface area contributed by atoms with E-state index in [9.17, 15) is 19.5 Å². The second-order valence-electron chi connectivity index (χ2n) is 6.65. The molecule has 0 bridgehead atoms. The first kappa shape index (κ1) is 22.3. The molecule has 1 aliphatic heterocycles. The summed E-state index contributed by atoms with van der Waals surface area (Å²) >= 11 is 6.37.